The molecule has 3 rings (SSSR count). The summed E-state index contributed by atoms with van der Waals surface area (Å²) >= 11 is 0. The Balaban J connectivity index is 1.89. The zero-order valence-electron chi connectivity index (χ0n) is 36.1. The Kier molecular flexibility index (Phi) is 20.4. The molecule has 61 heavy (non-hydrogen) atoms. The Morgan fingerprint density at radius 3 is 1.69 bits per heavy atom. The van der Waals surface area contributed by atoms with Gasteiger partial charge in [-0.1, -0.05) is 77.8 Å². The van der Waals surface area contributed by atoms with Gasteiger partial charge in [0.25, 0.3) is 0 Å². The molecule has 1 aliphatic rings. The van der Waals surface area contributed by atoms with E-state index in [1.54, 1.807) is 42.5 Å². The third kappa shape index (κ3) is 16.3. The second-order valence-corrected chi connectivity index (χ2v) is 15.4. The average molecular weight is 849 g/mol. The van der Waals surface area contributed by atoms with Crippen molar-refractivity contribution in [2.75, 3.05) is 39.6 Å². The first-order valence-corrected chi connectivity index (χ1v) is 20.9. The average Bonchev–Trinajstić information content (AvgIpc) is 3.26. The highest BCUT2D eigenvalue weighted by molar-refractivity contribution is 6.33. The number of rotatable bonds is 26. The fourth-order valence-electron chi connectivity index (χ4n) is 6.32. The van der Waals surface area contributed by atoms with Crippen LogP contribution in [0.5, 0.6) is 17.2 Å². The van der Waals surface area contributed by atoms with E-state index in [4.69, 9.17) is 33.2 Å². The van der Waals surface area contributed by atoms with Crippen molar-refractivity contribution in [3.8, 4) is 28.4 Å². The maximum Gasteiger partial charge on any atom is 0.374 e. The van der Waals surface area contributed by atoms with Crippen LogP contribution in [0.25, 0.3) is 11.1 Å². The highest BCUT2D eigenvalue weighted by Gasteiger charge is 2.39. The van der Waals surface area contributed by atoms with Crippen LogP contribution in [0.1, 0.15) is 98.8 Å². The second kappa shape index (κ2) is 25.1. The van der Waals surface area contributed by atoms with Crippen molar-refractivity contribution >= 4 is 41.4 Å². The zero-order valence-corrected chi connectivity index (χ0v) is 36.1. The summed E-state index contributed by atoms with van der Waals surface area (Å²) in [6.07, 6.45) is 8.31. The molecule has 1 saturated carbocycles. The normalized spacial score (nSPS) is 14.8. The van der Waals surface area contributed by atoms with Crippen LogP contribution < -0.4 is 14.2 Å². The minimum atomic E-state index is -1.65. The maximum absolute atomic E-state index is 13.1. The van der Waals surface area contributed by atoms with Gasteiger partial charge in [0.1, 0.15) is 50.8 Å². The summed E-state index contributed by atoms with van der Waals surface area (Å²) in [5.41, 5.74) is 0.00923. The van der Waals surface area contributed by atoms with E-state index in [0.29, 0.717) is 17.2 Å². The summed E-state index contributed by atoms with van der Waals surface area (Å²) in [5.74, 6) is -4.38. The predicted octanol–water partition coefficient (Wildman–Crippen LogP) is 7.67. The van der Waals surface area contributed by atoms with E-state index < -0.39 is 67.3 Å². The lowest BCUT2D eigenvalue weighted by atomic mass is 9.80. The minimum absolute atomic E-state index is 0.0476. The number of carbonyl (C=O) groups is 7. The molecule has 1 fully saturated rings. The quantitative estimate of drug-likeness (QED) is 0.0224. The Bertz CT molecular complexity index is 1840. The molecule has 0 atom stereocenters. The highest BCUT2D eigenvalue weighted by Crippen LogP contribution is 2.36. The minimum Gasteiger partial charge on any atom is -0.489 e. The smallest absolute Gasteiger partial charge is 0.374 e. The van der Waals surface area contributed by atoms with E-state index in [1.807, 2.05) is 0 Å². The van der Waals surface area contributed by atoms with Gasteiger partial charge in [-0.05, 0) is 80.8 Å². The Labute approximate surface area is 358 Å². The van der Waals surface area contributed by atoms with Crippen LogP contribution >= 0.6 is 0 Å². The SMILES string of the molecule is C=C(C)C(=O)OCCOc1cc(-c2ccc(OC(=O)C3CCC(CCCCC)CC3)cc2)ccc1OCC(COC(=O)C(=C)C)(COC(=O)C(=O)CC)COC(=O)C(=O)CC. The number of carbonyl (C=O) groups excluding carboxylic acids is 7. The fourth-order valence-corrected chi connectivity index (χ4v) is 6.32. The number of hydrogen-bond donors (Lipinski definition) is 0. The van der Waals surface area contributed by atoms with Crippen LogP contribution in [0.15, 0.2) is 66.8 Å². The van der Waals surface area contributed by atoms with E-state index >= 15 is 0 Å². The van der Waals surface area contributed by atoms with Crippen molar-refractivity contribution in [1.29, 1.82) is 0 Å². The first kappa shape index (κ1) is 49.6. The molecular weight excluding hydrogens is 789 g/mol. The molecule has 2 aromatic carbocycles. The molecule has 1 aliphatic carbocycles. The number of Topliss-reactive ketones (excluding diaryl/α,β-unsaturated/α-hetero) is 2. The van der Waals surface area contributed by atoms with Gasteiger partial charge in [-0.25, -0.2) is 19.2 Å². The first-order valence-electron chi connectivity index (χ1n) is 20.9. The molecule has 0 unspecified atom stereocenters. The molecule has 0 N–H and O–H groups in total. The van der Waals surface area contributed by atoms with E-state index in [1.165, 1.54) is 53.4 Å². The van der Waals surface area contributed by atoms with Gasteiger partial charge in [-0.15, -0.1) is 0 Å². The van der Waals surface area contributed by atoms with E-state index in [0.717, 1.165) is 31.2 Å². The summed E-state index contributed by atoms with van der Waals surface area (Å²) in [7, 11) is 0. The molecular formula is C47H60O14. The van der Waals surface area contributed by atoms with E-state index in [9.17, 15) is 33.6 Å². The molecule has 2 aromatic rings. The van der Waals surface area contributed by atoms with Gasteiger partial charge < -0.3 is 33.2 Å². The summed E-state index contributed by atoms with van der Waals surface area (Å²) in [6, 6.07) is 12.0. The standard InChI is InChI=1S/C47H60O14/c1-8-11-12-13-33-14-16-35(17-15-33)44(52)61-37-21-18-34(19-22-37)36-20-23-40(41(26-36)55-24-25-56-42(50)31(4)5)57-27-47(28-58-43(51)32(6)7,29-59-45(53)38(48)9-2)30-60-46(54)39(49)10-3/h18-23,26,33,35H,4,6,8-17,24-25,27-30H2,1-3,5,7H3. The lowest BCUT2D eigenvalue weighted by molar-refractivity contribution is -0.168. The van der Waals surface area contributed by atoms with Gasteiger partial charge in [0.2, 0.25) is 11.6 Å². The third-order valence-electron chi connectivity index (χ3n) is 10.2. The van der Waals surface area contributed by atoms with Gasteiger partial charge in [-0.3, -0.25) is 14.4 Å². The molecule has 0 heterocycles. The number of ether oxygens (including phenoxy) is 7. The molecule has 0 spiro atoms. The number of benzene rings is 2. The van der Waals surface area contributed by atoms with Gasteiger partial charge in [0.15, 0.2) is 11.5 Å². The van der Waals surface area contributed by atoms with Crippen LogP contribution in [0.4, 0.5) is 0 Å². The van der Waals surface area contributed by atoms with Crippen molar-refractivity contribution in [3.63, 3.8) is 0 Å². The molecule has 0 radical (unpaired) electrons. The van der Waals surface area contributed by atoms with Crippen molar-refractivity contribution in [1.82, 2.24) is 0 Å². The van der Waals surface area contributed by atoms with Gasteiger partial charge in [0, 0.05) is 24.0 Å². The van der Waals surface area contributed by atoms with Gasteiger partial charge >= 0.3 is 29.8 Å². The number of esters is 5. The Morgan fingerprint density at radius 1 is 0.607 bits per heavy atom. The molecule has 0 aliphatic heterocycles. The lowest BCUT2D eigenvalue weighted by Crippen LogP contribution is -2.45. The maximum atomic E-state index is 13.1. The zero-order chi connectivity index (χ0) is 45.0. The molecule has 0 saturated heterocycles. The molecule has 0 aromatic heterocycles. The summed E-state index contributed by atoms with van der Waals surface area (Å²) < 4.78 is 39.2. The number of hydrogen-bond acceptors (Lipinski definition) is 14. The number of unbranched alkanes of at least 4 members (excludes halogenated alkanes) is 2. The topological polar surface area (TPSA) is 184 Å². The fraction of sp³-hybridized carbons (Fsp3) is 0.511. The van der Waals surface area contributed by atoms with Crippen molar-refractivity contribution in [2.24, 2.45) is 17.3 Å². The van der Waals surface area contributed by atoms with Crippen LogP contribution in [0.2, 0.25) is 0 Å². The van der Waals surface area contributed by atoms with Crippen LogP contribution in [-0.4, -0.2) is 81.1 Å². The second-order valence-electron chi connectivity index (χ2n) is 15.4. The molecule has 14 heteroatoms. The monoisotopic (exact) mass is 848 g/mol. The Morgan fingerprint density at radius 2 is 1.15 bits per heavy atom. The van der Waals surface area contributed by atoms with Crippen LogP contribution in [-0.2, 0) is 52.5 Å². The highest BCUT2D eigenvalue weighted by atomic mass is 16.6. The first-order chi connectivity index (χ1) is 29.1. The van der Waals surface area contributed by atoms with E-state index in [2.05, 4.69) is 20.1 Å². The summed E-state index contributed by atoms with van der Waals surface area (Å²) in [6.45, 7) is 12.7. The molecule has 0 bridgehead atoms. The van der Waals surface area contributed by atoms with Gasteiger partial charge in [0.05, 0.1) is 5.92 Å². The summed E-state index contributed by atoms with van der Waals surface area (Å²) in [4.78, 5) is 86.9. The van der Waals surface area contributed by atoms with Crippen LogP contribution in [0.3, 0.4) is 0 Å². The van der Waals surface area contributed by atoms with Gasteiger partial charge in [-0.2, -0.15) is 0 Å². The van der Waals surface area contributed by atoms with E-state index in [-0.39, 0.29) is 60.6 Å². The molecule has 0 amide bonds. The van der Waals surface area contributed by atoms with Crippen molar-refractivity contribution < 1.29 is 66.7 Å². The van der Waals surface area contributed by atoms with Crippen molar-refractivity contribution in [2.45, 2.75) is 98.8 Å². The summed E-state index contributed by atoms with van der Waals surface area (Å²) in [5, 5.41) is 0. The Hall–Kier alpha value is -5.79. The molecule has 332 valence electrons. The number of ketones is 2. The lowest BCUT2D eigenvalue weighted by Gasteiger charge is -2.32. The van der Waals surface area contributed by atoms with Crippen LogP contribution in [0, 0.1) is 17.3 Å². The van der Waals surface area contributed by atoms with Crippen molar-refractivity contribution in [3.05, 3.63) is 66.8 Å². The third-order valence-corrected chi connectivity index (χ3v) is 10.2. The predicted molar refractivity (Wildman–Crippen MR) is 225 cm³/mol. The largest absolute Gasteiger partial charge is 0.489 e. The molecule has 14 nitrogen and oxygen atoms in total.